The Hall–Kier alpha value is -2.52. The van der Waals surface area contributed by atoms with Crippen molar-refractivity contribution in [1.29, 1.82) is 5.26 Å². The lowest BCUT2D eigenvalue weighted by atomic mass is 10.1. The molecule has 0 aliphatic heterocycles. The summed E-state index contributed by atoms with van der Waals surface area (Å²) in [6, 6.07) is 11.5. The highest BCUT2D eigenvalue weighted by Gasteiger charge is 2.14. The molecule has 104 valence electrons. The van der Waals surface area contributed by atoms with Crippen LogP contribution in [0.2, 0.25) is 0 Å². The normalized spacial score (nSPS) is 10.7. The van der Waals surface area contributed by atoms with Gasteiger partial charge in [-0.25, -0.2) is 8.78 Å². The lowest BCUT2D eigenvalue weighted by molar-refractivity contribution is 0.514. The number of aromatic amines is 1. The Bertz CT molecular complexity index is 917. The number of halogens is 2. The molecule has 0 amide bonds. The van der Waals surface area contributed by atoms with Crippen LogP contribution < -0.4 is 0 Å². The van der Waals surface area contributed by atoms with Gasteiger partial charge in [0.05, 0.1) is 18.0 Å². The summed E-state index contributed by atoms with van der Waals surface area (Å²) >= 11 is 5.19. The fourth-order valence-corrected chi connectivity index (χ4v) is 2.54. The van der Waals surface area contributed by atoms with Gasteiger partial charge in [-0.15, -0.1) is 0 Å². The number of rotatable bonds is 2. The summed E-state index contributed by atoms with van der Waals surface area (Å²) in [4.78, 5) is 2.85. The average Bonchev–Trinajstić information content (AvgIpc) is 2.81. The quantitative estimate of drug-likeness (QED) is 0.726. The number of imidazole rings is 1. The van der Waals surface area contributed by atoms with Crippen molar-refractivity contribution in [3.63, 3.8) is 0 Å². The van der Waals surface area contributed by atoms with Gasteiger partial charge in [0, 0.05) is 5.69 Å². The van der Waals surface area contributed by atoms with E-state index < -0.39 is 11.6 Å². The van der Waals surface area contributed by atoms with Gasteiger partial charge in [-0.3, -0.25) is 4.57 Å². The molecule has 3 rings (SSSR count). The van der Waals surface area contributed by atoms with E-state index in [1.807, 2.05) is 0 Å². The van der Waals surface area contributed by atoms with Crippen LogP contribution in [0.15, 0.2) is 36.4 Å². The molecule has 0 spiro atoms. The van der Waals surface area contributed by atoms with Crippen molar-refractivity contribution < 1.29 is 8.78 Å². The van der Waals surface area contributed by atoms with Crippen LogP contribution in [-0.4, -0.2) is 9.55 Å². The van der Waals surface area contributed by atoms with Crippen molar-refractivity contribution in [3.05, 3.63) is 58.4 Å². The summed E-state index contributed by atoms with van der Waals surface area (Å²) in [6.07, 6.45) is 0.294. The lowest BCUT2D eigenvalue weighted by Crippen LogP contribution is -1.97. The first-order valence-electron chi connectivity index (χ1n) is 6.17. The molecular weight excluding hydrogens is 292 g/mol. The number of fused-ring (bicyclic) bond motifs is 1. The summed E-state index contributed by atoms with van der Waals surface area (Å²) in [7, 11) is 0. The molecule has 3 nitrogen and oxygen atoms in total. The maximum absolute atomic E-state index is 14.1. The van der Waals surface area contributed by atoms with Crippen LogP contribution in [0.4, 0.5) is 8.78 Å². The van der Waals surface area contributed by atoms with Gasteiger partial charge in [0.25, 0.3) is 0 Å². The van der Waals surface area contributed by atoms with Crippen LogP contribution in [0.1, 0.15) is 5.56 Å². The topological polar surface area (TPSA) is 44.5 Å². The first kappa shape index (κ1) is 13.5. The highest BCUT2D eigenvalue weighted by Crippen LogP contribution is 2.24. The van der Waals surface area contributed by atoms with Crippen LogP contribution in [0, 0.1) is 27.7 Å². The Balaban J connectivity index is 2.25. The number of hydrogen-bond donors (Lipinski definition) is 1. The summed E-state index contributed by atoms with van der Waals surface area (Å²) in [6.45, 7) is 0. The molecule has 0 aliphatic rings. The van der Waals surface area contributed by atoms with Crippen molar-refractivity contribution in [2.75, 3.05) is 0 Å². The molecule has 1 heterocycles. The van der Waals surface area contributed by atoms with Crippen LogP contribution in [-0.2, 0) is 6.42 Å². The fourth-order valence-electron chi connectivity index (χ4n) is 2.23. The Morgan fingerprint density at radius 3 is 2.52 bits per heavy atom. The number of nitriles is 1. The second-order valence-corrected chi connectivity index (χ2v) is 4.91. The number of H-pyrrole nitrogens is 1. The van der Waals surface area contributed by atoms with Gasteiger partial charge >= 0.3 is 0 Å². The maximum Gasteiger partial charge on any atom is 0.184 e. The Morgan fingerprint density at radius 2 is 1.86 bits per heavy atom. The summed E-state index contributed by atoms with van der Waals surface area (Å²) in [5.41, 5.74) is 1.96. The van der Waals surface area contributed by atoms with Crippen molar-refractivity contribution in [2.45, 2.75) is 6.42 Å². The highest BCUT2D eigenvalue weighted by atomic mass is 32.1. The van der Waals surface area contributed by atoms with Crippen molar-refractivity contribution in [1.82, 2.24) is 9.55 Å². The number of nitrogens with one attached hydrogen (secondary N) is 1. The highest BCUT2D eigenvalue weighted by molar-refractivity contribution is 7.71. The lowest BCUT2D eigenvalue weighted by Gasteiger charge is -2.06. The molecule has 0 saturated carbocycles. The summed E-state index contributed by atoms with van der Waals surface area (Å²) in [5.74, 6) is -1.87. The zero-order valence-electron chi connectivity index (χ0n) is 10.7. The van der Waals surface area contributed by atoms with Gasteiger partial charge in [-0.2, -0.15) is 5.26 Å². The number of hydrogen-bond acceptors (Lipinski definition) is 2. The minimum absolute atomic E-state index is 0.0769. The number of aromatic nitrogens is 2. The van der Waals surface area contributed by atoms with Crippen molar-refractivity contribution >= 4 is 23.3 Å². The van der Waals surface area contributed by atoms with Gasteiger partial charge < -0.3 is 4.98 Å². The van der Waals surface area contributed by atoms with E-state index >= 15 is 0 Å². The van der Waals surface area contributed by atoms with Gasteiger partial charge in [0.2, 0.25) is 0 Å². The molecule has 0 unspecified atom stereocenters. The molecule has 2 aromatic carbocycles. The molecule has 3 aromatic rings. The third kappa shape index (κ3) is 2.22. The minimum Gasteiger partial charge on any atom is -0.330 e. The third-order valence-corrected chi connectivity index (χ3v) is 3.50. The molecule has 0 fully saturated rings. The van der Waals surface area contributed by atoms with Gasteiger partial charge in [0.1, 0.15) is 5.52 Å². The predicted octanol–water partition coefficient (Wildman–Crippen LogP) is 4.03. The SMILES string of the molecule is N#CCc1ccc(-n2c(=S)[nH]c3ccc(F)c(F)c32)cc1. The molecule has 0 atom stereocenters. The molecule has 0 saturated heterocycles. The third-order valence-electron chi connectivity index (χ3n) is 3.22. The van der Waals surface area contributed by atoms with Crippen LogP contribution in [0.5, 0.6) is 0 Å². The average molecular weight is 301 g/mol. The van der Waals surface area contributed by atoms with E-state index in [0.29, 0.717) is 17.6 Å². The number of benzene rings is 2. The molecule has 6 heteroatoms. The van der Waals surface area contributed by atoms with Crippen LogP contribution in [0.3, 0.4) is 0 Å². The first-order chi connectivity index (χ1) is 10.1. The second-order valence-electron chi connectivity index (χ2n) is 4.52. The number of nitrogens with zero attached hydrogens (tertiary/aromatic N) is 2. The van der Waals surface area contributed by atoms with Crippen molar-refractivity contribution in [3.8, 4) is 11.8 Å². The molecule has 0 radical (unpaired) electrons. The standard InChI is InChI=1S/C15H9F2N3S/c16-11-5-6-12-14(13(11)17)20(15(21)19-12)10-3-1-9(2-4-10)7-8-18/h1-6H,7H2,(H,19,21). The summed E-state index contributed by atoms with van der Waals surface area (Å²) < 4.78 is 29.2. The van der Waals surface area contributed by atoms with Gasteiger partial charge in [-0.05, 0) is 42.0 Å². The molecule has 0 bridgehead atoms. The van der Waals surface area contributed by atoms with E-state index in [9.17, 15) is 8.78 Å². The van der Waals surface area contributed by atoms with E-state index in [1.54, 1.807) is 24.3 Å². The van der Waals surface area contributed by atoms with Crippen LogP contribution in [0.25, 0.3) is 16.7 Å². The second kappa shape index (κ2) is 5.11. The zero-order valence-corrected chi connectivity index (χ0v) is 11.5. The molecule has 21 heavy (non-hydrogen) atoms. The maximum atomic E-state index is 14.1. The first-order valence-corrected chi connectivity index (χ1v) is 6.57. The monoisotopic (exact) mass is 301 g/mol. The zero-order chi connectivity index (χ0) is 15.0. The fraction of sp³-hybridized carbons (Fsp3) is 0.0667. The molecule has 1 aromatic heterocycles. The van der Waals surface area contributed by atoms with Crippen molar-refractivity contribution in [2.24, 2.45) is 0 Å². The Morgan fingerprint density at radius 1 is 1.14 bits per heavy atom. The van der Waals surface area contributed by atoms with Crippen LogP contribution >= 0.6 is 12.2 Å². The summed E-state index contributed by atoms with van der Waals surface area (Å²) in [5, 5.41) is 8.66. The van der Waals surface area contributed by atoms with E-state index in [2.05, 4.69) is 11.1 Å². The predicted molar refractivity (Wildman–Crippen MR) is 77.7 cm³/mol. The van der Waals surface area contributed by atoms with E-state index in [1.165, 1.54) is 10.6 Å². The minimum atomic E-state index is -0.944. The Kier molecular flexibility index (Phi) is 3.28. The van der Waals surface area contributed by atoms with E-state index in [-0.39, 0.29) is 10.3 Å². The van der Waals surface area contributed by atoms with Gasteiger partial charge in [-0.1, -0.05) is 12.1 Å². The molecule has 0 aliphatic carbocycles. The largest absolute Gasteiger partial charge is 0.330 e. The van der Waals surface area contributed by atoms with Gasteiger partial charge in [0.15, 0.2) is 16.4 Å². The molecular formula is C15H9F2N3S. The van der Waals surface area contributed by atoms with E-state index in [0.717, 1.165) is 11.6 Å². The smallest absolute Gasteiger partial charge is 0.184 e. The Labute approximate surface area is 124 Å². The van der Waals surface area contributed by atoms with E-state index in [4.69, 9.17) is 17.5 Å². The molecule has 1 N–H and O–H groups in total.